The Kier molecular flexibility index (Phi) is 16.6. The standard InChI is InChI=1S/C25H39N5O2.C4H6O4/c1-5-6-7-14-27-24-22(19(2)28-25(26)29-24)17-20-10-12-21(13-11-20)18-23(31)32-16-9-8-15-30(3)4;5-3(6)1-2-4(7)8/h10-13H,5-9,14-18H2,1-4H3,(H3,26,27,28,29);1-2H2,(H,5,6)(H,7,8). The van der Waals surface area contributed by atoms with Crippen LogP contribution in [0.3, 0.4) is 0 Å². The van der Waals surface area contributed by atoms with E-state index in [0.29, 0.717) is 25.4 Å². The van der Waals surface area contributed by atoms with Crippen molar-refractivity contribution in [2.75, 3.05) is 44.8 Å². The van der Waals surface area contributed by atoms with Gasteiger partial charge in [0.05, 0.1) is 25.9 Å². The zero-order valence-corrected chi connectivity index (χ0v) is 24.2. The van der Waals surface area contributed by atoms with Gasteiger partial charge in [-0.3, -0.25) is 14.4 Å². The normalized spacial score (nSPS) is 10.5. The highest BCUT2D eigenvalue weighted by molar-refractivity contribution is 5.75. The van der Waals surface area contributed by atoms with E-state index in [1.54, 1.807) is 0 Å². The number of carboxylic acids is 2. The van der Waals surface area contributed by atoms with Crippen molar-refractivity contribution in [1.29, 1.82) is 0 Å². The fraction of sp³-hybridized carbons (Fsp3) is 0.552. The first-order valence-corrected chi connectivity index (χ1v) is 13.7. The summed E-state index contributed by atoms with van der Waals surface area (Å²) in [5.74, 6) is -1.23. The fourth-order valence-electron chi connectivity index (χ4n) is 3.68. The molecule has 0 fully saturated rings. The highest BCUT2D eigenvalue weighted by atomic mass is 16.5. The van der Waals surface area contributed by atoms with Crippen molar-refractivity contribution in [1.82, 2.24) is 14.9 Å². The Morgan fingerprint density at radius 1 is 0.950 bits per heavy atom. The number of aryl methyl sites for hydroxylation is 1. The number of unbranched alkanes of at least 4 members (excludes halogenated alkanes) is 3. The van der Waals surface area contributed by atoms with Gasteiger partial charge in [0.25, 0.3) is 0 Å². The molecule has 0 aliphatic rings. The van der Waals surface area contributed by atoms with E-state index in [1.165, 1.54) is 12.8 Å². The number of ether oxygens (including phenoxy) is 1. The van der Waals surface area contributed by atoms with Crippen molar-refractivity contribution in [3.05, 3.63) is 46.6 Å². The number of benzene rings is 1. The molecule has 0 aliphatic carbocycles. The van der Waals surface area contributed by atoms with Gasteiger partial charge in [-0.05, 0) is 58.0 Å². The minimum absolute atomic E-state index is 0.177. The zero-order chi connectivity index (χ0) is 29.9. The quantitative estimate of drug-likeness (QED) is 0.164. The summed E-state index contributed by atoms with van der Waals surface area (Å²) in [6.07, 6.45) is 5.78. The Hall–Kier alpha value is -3.73. The predicted molar refractivity (Wildman–Crippen MR) is 155 cm³/mol. The third-order valence-corrected chi connectivity index (χ3v) is 5.87. The molecule has 5 N–H and O–H groups in total. The van der Waals surface area contributed by atoms with Crippen LogP contribution in [0.25, 0.3) is 0 Å². The molecule has 0 amide bonds. The molecule has 0 unspecified atom stereocenters. The number of nitrogens with one attached hydrogen (secondary N) is 1. The zero-order valence-electron chi connectivity index (χ0n) is 24.2. The van der Waals surface area contributed by atoms with Crippen LogP contribution < -0.4 is 11.1 Å². The van der Waals surface area contributed by atoms with Crippen LogP contribution in [-0.2, 0) is 32.0 Å². The van der Waals surface area contributed by atoms with Gasteiger partial charge in [0, 0.05) is 24.2 Å². The molecule has 2 rings (SSSR count). The first kappa shape index (κ1) is 34.3. The topological polar surface area (TPSA) is 168 Å². The smallest absolute Gasteiger partial charge is 0.310 e. The van der Waals surface area contributed by atoms with Gasteiger partial charge in [-0.1, -0.05) is 44.0 Å². The lowest BCUT2D eigenvalue weighted by Gasteiger charge is -2.14. The summed E-state index contributed by atoms with van der Waals surface area (Å²) in [7, 11) is 4.09. The van der Waals surface area contributed by atoms with Gasteiger partial charge in [0.15, 0.2) is 0 Å². The number of aliphatic carboxylic acids is 2. The van der Waals surface area contributed by atoms with Gasteiger partial charge in [-0.25, -0.2) is 4.98 Å². The third kappa shape index (κ3) is 15.6. The Balaban J connectivity index is 0.000000869. The van der Waals surface area contributed by atoms with Crippen LogP contribution in [0.2, 0.25) is 0 Å². The number of nitrogen functional groups attached to an aromatic ring is 1. The van der Waals surface area contributed by atoms with Gasteiger partial charge in [-0.15, -0.1) is 0 Å². The number of carboxylic acid groups (broad SMARTS) is 2. The molecule has 0 saturated carbocycles. The van der Waals surface area contributed by atoms with Gasteiger partial charge >= 0.3 is 17.9 Å². The number of carbonyl (C=O) groups excluding carboxylic acids is 1. The monoisotopic (exact) mass is 559 g/mol. The molecule has 0 aliphatic heterocycles. The highest BCUT2D eigenvalue weighted by Crippen LogP contribution is 2.22. The largest absolute Gasteiger partial charge is 0.481 e. The molecule has 0 radical (unpaired) electrons. The van der Waals surface area contributed by atoms with E-state index in [-0.39, 0.29) is 18.8 Å². The van der Waals surface area contributed by atoms with E-state index in [0.717, 1.165) is 60.6 Å². The van der Waals surface area contributed by atoms with E-state index in [4.69, 9.17) is 20.7 Å². The SMILES string of the molecule is CCCCCNc1nc(N)nc(C)c1Cc1ccc(CC(=O)OCCCCN(C)C)cc1.O=C(O)CCC(=O)O. The second-order valence-corrected chi connectivity index (χ2v) is 9.82. The number of nitrogens with two attached hydrogens (primary N) is 1. The van der Waals surface area contributed by atoms with E-state index in [1.807, 2.05) is 33.2 Å². The number of aromatic nitrogens is 2. The number of hydrogen-bond donors (Lipinski definition) is 4. The molecule has 0 bridgehead atoms. The van der Waals surface area contributed by atoms with Crippen molar-refractivity contribution < 1.29 is 29.3 Å². The molecule has 11 nitrogen and oxygen atoms in total. The van der Waals surface area contributed by atoms with Crippen LogP contribution in [0, 0.1) is 6.92 Å². The summed E-state index contributed by atoms with van der Waals surface area (Å²) in [5.41, 5.74) is 9.91. The molecule has 1 aromatic carbocycles. The summed E-state index contributed by atoms with van der Waals surface area (Å²) in [6, 6.07) is 8.08. The molecule has 1 aromatic heterocycles. The lowest BCUT2D eigenvalue weighted by Crippen LogP contribution is -2.14. The Morgan fingerprint density at radius 2 is 1.57 bits per heavy atom. The summed E-state index contributed by atoms with van der Waals surface area (Å²) in [5, 5.41) is 19.2. The van der Waals surface area contributed by atoms with Crippen molar-refractivity contribution in [3.8, 4) is 0 Å². The van der Waals surface area contributed by atoms with Gasteiger partial charge < -0.3 is 30.9 Å². The molecule has 1 heterocycles. The second-order valence-electron chi connectivity index (χ2n) is 9.82. The third-order valence-electron chi connectivity index (χ3n) is 5.87. The summed E-state index contributed by atoms with van der Waals surface area (Å²) in [6.45, 7) is 6.51. The molecular weight excluding hydrogens is 514 g/mol. The van der Waals surface area contributed by atoms with Crippen LogP contribution in [0.15, 0.2) is 24.3 Å². The molecular formula is C29H45N5O6. The lowest BCUT2D eigenvalue weighted by atomic mass is 10.0. The van der Waals surface area contributed by atoms with Crippen molar-refractivity contribution >= 4 is 29.7 Å². The molecule has 2 aromatic rings. The number of hydrogen-bond acceptors (Lipinski definition) is 9. The number of carbonyl (C=O) groups is 3. The Labute approximate surface area is 237 Å². The Bertz CT molecular complexity index is 1050. The number of anilines is 2. The van der Waals surface area contributed by atoms with Crippen molar-refractivity contribution in [2.24, 2.45) is 0 Å². The Morgan fingerprint density at radius 3 is 2.15 bits per heavy atom. The summed E-state index contributed by atoms with van der Waals surface area (Å²) in [4.78, 5) is 42.3. The first-order valence-electron chi connectivity index (χ1n) is 13.7. The van der Waals surface area contributed by atoms with E-state index < -0.39 is 11.9 Å². The summed E-state index contributed by atoms with van der Waals surface area (Å²) < 4.78 is 5.36. The second kappa shape index (κ2) is 19.3. The highest BCUT2D eigenvalue weighted by Gasteiger charge is 2.12. The minimum Gasteiger partial charge on any atom is -0.481 e. The molecule has 11 heteroatoms. The summed E-state index contributed by atoms with van der Waals surface area (Å²) >= 11 is 0. The average Bonchev–Trinajstić information content (AvgIpc) is 2.88. The molecule has 222 valence electrons. The molecule has 40 heavy (non-hydrogen) atoms. The maximum atomic E-state index is 12.1. The lowest BCUT2D eigenvalue weighted by molar-refractivity contribution is -0.143. The number of nitrogens with zero attached hydrogens (tertiary/aromatic N) is 3. The maximum absolute atomic E-state index is 12.1. The van der Waals surface area contributed by atoms with E-state index in [9.17, 15) is 14.4 Å². The average molecular weight is 560 g/mol. The van der Waals surface area contributed by atoms with Gasteiger partial charge in [0.1, 0.15) is 5.82 Å². The van der Waals surface area contributed by atoms with E-state index in [2.05, 4.69) is 39.2 Å². The van der Waals surface area contributed by atoms with Crippen LogP contribution in [0.4, 0.5) is 11.8 Å². The minimum atomic E-state index is -1.08. The van der Waals surface area contributed by atoms with Crippen LogP contribution in [0.1, 0.15) is 74.3 Å². The number of rotatable bonds is 17. The van der Waals surface area contributed by atoms with Gasteiger partial charge in [-0.2, -0.15) is 4.98 Å². The molecule has 0 atom stereocenters. The van der Waals surface area contributed by atoms with Crippen LogP contribution in [-0.4, -0.2) is 76.8 Å². The molecule has 0 spiro atoms. The first-order chi connectivity index (χ1) is 19.0. The van der Waals surface area contributed by atoms with Crippen molar-refractivity contribution in [2.45, 2.75) is 71.6 Å². The maximum Gasteiger partial charge on any atom is 0.310 e. The molecule has 0 saturated heterocycles. The fourth-order valence-corrected chi connectivity index (χ4v) is 3.68. The van der Waals surface area contributed by atoms with Crippen LogP contribution in [0.5, 0.6) is 0 Å². The predicted octanol–water partition coefficient (Wildman–Crippen LogP) is 3.92. The van der Waals surface area contributed by atoms with Crippen LogP contribution >= 0.6 is 0 Å². The van der Waals surface area contributed by atoms with Crippen molar-refractivity contribution in [3.63, 3.8) is 0 Å². The number of esters is 1. The van der Waals surface area contributed by atoms with E-state index >= 15 is 0 Å². The van der Waals surface area contributed by atoms with Gasteiger partial charge in [0.2, 0.25) is 5.95 Å².